The molecule has 2 aromatic heterocycles. The van der Waals surface area contributed by atoms with Crippen LogP contribution in [0.2, 0.25) is 0 Å². The van der Waals surface area contributed by atoms with Gasteiger partial charge < -0.3 is 9.13 Å². The van der Waals surface area contributed by atoms with Gasteiger partial charge in [-0.15, -0.1) is 0 Å². The predicted octanol–water partition coefficient (Wildman–Crippen LogP) is 10.8. The molecule has 0 bridgehead atoms. The summed E-state index contributed by atoms with van der Waals surface area (Å²) in [6.07, 6.45) is 0. The lowest BCUT2D eigenvalue weighted by Crippen LogP contribution is -1.98. The number of nitrogens with zero attached hydrogens (tertiary/aromatic N) is 5. The minimum atomic E-state index is 0.443. The predicted molar refractivity (Wildman–Crippen MR) is 200 cm³/mol. The van der Waals surface area contributed by atoms with E-state index < -0.39 is 0 Å². The van der Waals surface area contributed by atoms with Crippen molar-refractivity contribution in [1.29, 1.82) is 15.8 Å². The van der Waals surface area contributed by atoms with E-state index in [0.29, 0.717) is 22.3 Å². The van der Waals surface area contributed by atoms with Gasteiger partial charge in [0, 0.05) is 44.0 Å². The second-order valence-electron chi connectivity index (χ2n) is 12.3. The van der Waals surface area contributed by atoms with Crippen molar-refractivity contribution in [3.8, 4) is 51.8 Å². The summed E-state index contributed by atoms with van der Waals surface area (Å²) in [5.41, 5.74) is 10.9. The first-order valence-electron chi connectivity index (χ1n) is 16.3. The second kappa shape index (κ2) is 11.4. The molecule has 2 heterocycles. The zero-order valence-corrected chi connectivity index (χ0v) is 26.7. The Morgan fingerprint density at radius 3 is 1.76 bits per heavy atom. The van der Waals surface area contributed by atoms with Gasteiger partial charge in [0.1, 0.15) is 0 Å². The van der Waals surface area contributed by atoms with Crippen molar-refractivity contribution in [1.82, 2.24) is 9.13 Å². The molecule has 5 nitrogen and oxygen atoms in total. The van der Waals surface area contributed by atoms with Crippen LogP contribution in [-0.4, -0.2) is 9.13 Å². The van der Waals surface area contributed by atoms with Crippen LogP contribution in [0.1, 0.15) is 16.7 Å². The Balaban J connectivity index is 1.41. The summed E-state index contributed by atoms with van der Waals surface area (Å²) >= 11 is 0. The smallest absolute Gasteiger partial charge is 0.0998 e. The van der Waals surface area contributed by atoms with E-state index >= 15 is 0 Å². The van der Waals surface area contributed by atoms with Gasteiger partial charge >= 0.3 is 0 Å². The number of aromatic nitrogens is 2. The maximum absolute atomic E-state index is 10.2. The van der Waals surface area contributed by atoms with E-state index in [1.165, 1.54) is 0 Å². The van der Waals surface area contributed by atoms with Crippen molar-refractivity contribution in [2.45, 2.75) is 0 Å². The molecule has 0 radical (unpaired) electrons. The molecule has 0 unspecified atom stereocenters. The summed E-state index contributed by atoms with van der Waals surface area (Å²) in [5, 5.41) is 34.6. The lowest BCUT2D eigenvalue weighted by molar-refractivity contribution is 1.17. The van der Waals surface area contributed by atoms with E-state index in [9.17, 15) is 15.8 Å². The third-order valence-electron chi connectivity index (χ3n) is 9.65. The summed E-state index contributed by atoms with van der Waals surface area (Å²) in [4.78, 5) is 0. The Kier molecular flexibility index (Phi) is 6.56. The van der Waals surface area contributed by atoms with Gasteiger partial charge in [-0.3, -0.25) is 0 Å². The highest BCUT2D eigenvalue weighted by molar-refractivity contribution is 6.16. The molecule has 0 aliphatic carbocycles. The van der Waals surface area contributed by atoms with Gasteiger partial charge in [0.2, 0.25) is 0 Å². The van der Waals surface area contributed by atoms with Crippen LogP contribution < -0.4 is 0 Å². The molecule has 0 amide bonds. The molecule has 0 aliphatic rings. The van der Waals surface area contributed by atoms with Crippen LogP contribution in [-0.2, 0) is 0 Å². The molecule has 50 heavy (non-hydrogen) atoms. The highest BCUT2D eigenvalue weighted by Crippen LogP contribution is 2.43. The normalized spacial score (nSPS) is 11.1. The monoisotopic (exact) mass is 635 g/mol. The minimum Gasteiger partial charge on any atom is -0.309 e. The Hall–Kier alpha value is -7.39. The van der Waals surface area contributed by atoms with E-state index in [4.69, 9.17) is 0 Å². The lowest BCUT2D eigenvalue weighted by Gasteiger charge is -2.14. The van der Waals surface area contributed by atoms with Crippen molar-refractivity contribution >= 4 is 43.6 Å². The van der Waals surface area contributed by atoms with Crippen LogP contribution in [0.15, 0.2) is 152 Å². The number of fused-ring (bicyclic) bond motifs is 6. The molecule has 0 aliphatic heterocycles. The first-order valence-corrected chi connectivity index (χ1v) is 16.3. The summed E-state index contributed by atoms with van der Waals surface area (Å²) in [7, 11) is 0. The van der Waals surface area contributed by atoms with E-state index in [0.717, 1.165) is 71.7 Å². The highest BCUT2D eigenvalue weighted by atomic mass is 15.0. The highest BCUT2D eigenvalue weighted by Gasteiger charge is 2.22. The fourth-order valence-electron chi connectivity index (χ4n) is 7.52. The lowest BCUT2D eigenvalue weighted by atomic mass is 9.93. The van der Waals surface area contributed by atoms with Crippen LogP contribution in [0.3, 0.4) is 0 Å². The molecule has 0 saturated carbocycles. The Morgan fingerprint density at radius 1 is 0.380 bits per heavy atom. The van der Waals surface area contributed by atoms with Gasteiger partial charge in [0.15, 0.2) is 0 Å². The van der Waals surface area contributed by atoms with Crippen LogP contribution >= 0.6 is 0 Å². The number of benzene rings is 7. The van der Waals surface area contributed by atoms with Gasteiger partial charge in [-0.25, -0.2) is 0 Å². The molecular weight excluding hydrogens is 611 g/mol. The maximum atomic E-state index is 10.2. The maximum Gasteiger partial charge on any atom is 0.0998 e. The van der Waals surface area contributed by atoms with E-state index in [1.54, 1.807) is 18.2 Å². The Bertz CT molecular complexity index is 2930. The van der Waals surface area contributed by atoms with E-state index in [1.807, 2.05) is 42.5 Å². The Labute approximate surface area is 287 Å². The van der Waals surface area contributed by atoms with Crippen molar-refractivity contribution in [3.63, 3.8) is 0 Å². The van der Waals surface area contributed by atoms with Gasteiger partial charge in [-0.1, -0.05) is 84.9 Å². The van der Waals surface area contributed by atoms with Crippen LogP contribution in [0.5, 0.6) is 0 Å². The van der Waals surface area contributed by atoms with Gasteiger partial charge in [0.25, 0.3) is 0 Å². The number of para-hydroxylation sites is 3. The van der Waals surface area contributed by atoms with Crippen LogP contribution in [0, 0.1) is 34.0 Å². The molecule has 0 saturated heterocycles. The van der Waals surface area contributed by atoms with Gasteiger partial charge in [0.05, 0.1) is 57.0 Å². The molecular formula is C45H25N5. The zero-order chi connectivity index (χ0) is 33.8. The Morgan fingerprint density at radius 2 is 0.960 bits per heavy atom. The van der Waals surface area contributed by atoms with Gasteiger partial charge in [-0.2, -0.15) is 15.8 Å². The minimum absolute atomic E-state index is 0.443. The second-order valence-corrected chi connectivity index (χ2v) is 12.3. The number of hydrogen-bond donors (Lipinski definition) is 0. The largest absolute Gasteiger partial charge is 0.309 e. The number of rotatable bonds is 4. The fourth-order valence-corrected chi connectivity index (χ4v) is 7.52. The fraction of sp³-hybridized carbons (Fsp3) is 0. The SMILES string of the molecule is N#Cc1ccccc1-c1ccc2c(c1)c1cccc(-c3c(C#N)cccc3C#N)c1n2-c1ccc2c(c1)c1ccccc1n2-c1ccccc1. The average molecular weight is 636 g/mol. The molecule has 0 fully saturated rings. The topological polar surface area (TPSA) is 81.2 Å². The number of nitriles is 3. The quantitative estimate of drug-likeness (QED) is 0.193. The standard InChI is InChI=1S/C45H25N5/c46-26-30-10-4-5-15-35(30)29-20-22-43-39(24-29)37-17-9-18-38(44-31(27-47)11-8-12-32(44)28-48)45(37)50(43)34-21-23-42-40(25-34)36-16-6-7-19-41(36)49(42)33-13-2-1-3-14-33/h1-25H. The van der Waals surface area contributed by atoms with E-state index in [-0.39, 0.29) is 0 Å². The summed E-state index contributed by atoms with van der Waals surface area (Å²) < 4.78 is 4.55. The van der Waals surface area contributed by atoms with Crippen molar-refractivity contribution in [2.24, 2.45) is 0 Å². The summed E-state index contributed by atoms with van der Waals surface area (Å²) in [6, 6.07) is 57.8. The molecule has 230 valence electrons. The van der Waals surface area contributed by atoms with Crippen molar-refractivity contribution < 1.29 is 0 Å². The molecule has 5 heteroatoms. The zero-order valence-electron chi connectivity index (χ0n) is 26.7. The van der Waals surface area contributed by atoms with Crippen molar-refractivity contribution in [3.05, 3.63) is 168 Å². The van der Waals surface area contributed by atoms with Crippen LogP contribution in [0.4, 0.5) is 0 Å². The third kappa shape index (κ3) is 4.24. The summed E-state index contributed by atoms with van der Waals surface area (Å²) in [5.74, 6) is 0. The first-order chi connectivity index (χ1) is 24.7. The molecule has 0 N–H and O–H groups in total. The number of hydrogen-bond acceptors (Lipinski definition) is 3. The van der Waals surface area contributed by atoms with Gasteiger partial charge in [-0.05, 0) is 77.9 Å². The molecule has 7 aromatic carbocycles. The van der Waals surface area contributed by atoms with Crippen molar-refractivity contribution in [2.75, 3.05) is 0 Å². The molecule has 9 rings (SSSR count). The van der Waals surface area contributed by atoms with Crippen LogP contribution in [0.25, 0.3) is 77.2 Å². The van der Waals surface area contributed by atoms with E-state index in [2.05, 4.69) is 118 Å². The average Bonchev–Trinajstić information content (AvgIpc) is 3.70. The third-order valence-corrected chi connectivity index (χ3v) is 9.65. The molecule has 0 atom stereocenters. The first kappa shape index (κ1) is 28.8. The molecule has 9 aromatic rings. The summed E-state index contributed by atoms with van der Waals surface area (Å²) in [6.45, 7) is 0. The molecule has 0 spiro atoms.